The third kappa shape index (κ3) is 7.74. The second-order valence-corrected chi connectivity index (χ2v) is 11.8. The van der Waals surface area contributed by atoms with E-state index in [9.17, 15) is 18.0 Å². The maximum absolute atomic E-state index is 13.9. The van der Waals surface area contributed by atoms with Crippen molar-refractivity contribution in [2.45, 2.75) is 51.2 Å². The van der Waals surface area contributed by atoms with Gasteiger partial charge < -0.3 is 15.0 Å². The van der Waals surface area contributed by atoms with E-state index in [4.69, 9.17) is 16.3 Å². The molecule has 0 saturated heterocycles. The molecule has 10 heteroatoms. The monoisotopic (exact) mass is 571 g/mol. The summed E-state index contributed by atoms with van der Waals surface area (Å²) in [6, 6.07) is 18.8. The number of sulfonamides is 1. The quantitative estimate of drug-likeness (QED) is 0.357. The van der Waals surface area contributed by atoms with Crippen LogP contribution in [0.3, 0.4) is 0 Å². The number of benzene rings is 3. The molecule has 0 radical (unpaired) electrons. The molecule has 0 aromatic heterocycles. The molecule has 0 aliphatic heterocycles. The molecule has 3 aromatic rings. The molecule has 0 aliphatic carbocycles. The van der Waals surface area contributed by atoms with Crippen molar-refractivity contribution in [2.24, 2.45) is 0 Å². The van der Waals surface area contributed by atoms with Crippen LogP contribution in [0.2, 0.25) is 5.02 Å². The fraction of sp³-hybridized carbons (Fsp3) is 0.310. The Bertz CT molecular complexity index is 1380. The molecule has 39 heavy (non-hydrogen) atoms. The lowest BCUT2D eigenvalue weighted by molar-refractivity contribution is -0.139. The number of hydrogen-bond acceptors (Lipinski definition) is 5. The molecule has 0 heterocycles. The van der Waals surface area contributed by atoms with E-state index in [-0.39, 0.29) is 29.1 Å². The number of aryl methyl sites for hydroxylation is 1. The SMILES string of the molecule is COc1ccc(N(CC(=O)N(Cc2ccc(Cl)cc2)C(C)C(=O)NC(C)C)S(=O)(=O)c2ccc(C)cc2)cc1. The number of halogens is 1. The van der Waals surface area contributed by atoms with Crippen LogP contribution in [0.5, 0.6) is 5.75 Å². The van der Waals surface area contributed by atoms with Crippen LogP contribution in [0, 0.1) is 6.92 Å². The lowest BCUT2D eigenvalue weighted by Gasteiger charge is -2.32. The number of hydrogen-bond donors (Lipinski definition) is 1. The van der Waals surface area contributed by atoms with Crippen LogP contribution in [-0.2, 0) is 26.2 Å². The normalized spacial score (nSPS) is 12.1. The van der Waals surface area contributed by atoms with E-state index in [1.807, 2.05) is 20.8 Å². The molecule has 8 nitrogen and oxygen atoms in total. The molecule has 0 bridgehead atoms. The van der Waals surface area contributed by atoms with Crippen molar-refractivity contribution in [1.82, 2.24) is 10.2 Å². The molecule has 1 N–H and O–H groups in total. The molecule has 1 unspecified atom stereocenters. The van der Waals surface area contributed by atoms with Crippen molar-refractivity contribution in [3.63, 3.8) is 0 Å². The van der Waals surface area contributed by atoms with E-state index in [0.29, 0.717) is 10.8 Å². The zero-order chi connectivity index (χ0) is 28.7. The first-order valence-corrected chi connectivity index (χ1v) is 14.3. The van der Waals surface area contributed by atoms with Gasteiger partial charge in [-0.15, -0.1) is 0 Å². The lowest BCUT2D eigenvalue weighted by atomic mass is 10.1. The first kappa shape index (κ1) is 30.0. The standard InChI is InChI=1S/C29H34ClN3O5S/c1-20(2)31-29(35)22(4)32(18-23-8-10-24(30)11-9-23)28(34)19-33(25-12-14-26(38-5)15-13-25)39(36,37)27-16-6-21(3)7-17-27/h6-17,20,22H,18-19H2,1-5H3,(H,31,35). The third-order valence-electron chi connectivity index (χ3n) is 6.11. The smallest absolute Gasteiger partial charge is 0.264 e. The number of amides is 2. The molecular weight excluding hydrogens is 538 g/mol. The Morgan fingerprint density at radius 2 is 1.51 bits per heavy atom. The minimum atomic E-state index is -4.14. The van der Waals surface area contributed by atoms with Gasteiger partial charge in [0.25, 0.3) is 10.0 Å². The van der Waals surface area contributed by atoms with E-state index < -0.39 is 28.5 Å². The Morgan fingerprint density at radius 1 is 0.923 bits per heavy atom. The minimum Gasteiger partial charge on any atom is -0.497 e. The van der Waals surface area contributed by atoms with Gasteiger partial charge in [0.2, 0.25) is 11.8 Å². The summed E-state index contributed by atoms with van der Waals surface area (Å²) < 4.78 is 33.9. The van der Waals surface area contributed by atoms with Gasteiger partial charge in [0, 0.05) is 17.6 Å². The van der Waals surface area contributed by atoms with Gasteiger partial charge in [-0.3, -0.25) is 13.9 Å². The summed E-state index contributed by atoms with van der Waals surface area (Å²) in [5, 5.41) is 3.37. The highest BCUT2D eigenvalue weighted by atomic mass is 35.5. The number of rotatable bonds is 11. The van der Waals surface area contributed by atoms with Crippen LogP contribution in [-0.4, -0.2) is 50.9 Å². The molecule has 0 fully saturated rings. The van der Waals surface area contributed by atoms with Crippen molar-refractivity contribution >= 4 is 39.1 Å². The molecular formula is C29H34ClN3O5S. The van der Waals surface area contributed by atoms with E-state index in [0.717, 1.165) is 15.4 Å². The number of ether oxygens (including phenoxy) is 1. The Morgan fingerprint density at radius 3 is 2.05 bits per heavy atom. The van der Waals surface area contributed by atoms with Gasteiger partial charge in [-0.1, -0.05) is 41.4 Å². The summed E-state index contributed by atoms with van der Waals surface area (Å²) in [5.41, 5.74) is 1.94. The fourth-order valence-corrected chi connectivity index (χ4v) is 5.43. The molecule has 0 aliphatic rings. The van der Waals surface area contributed by atoms with Crippen LogP contribution in [0.4, 0.5) is 5.69 Å². The van der Waals surface area contributed by atoms with Crippen LogP contribution >= 0.6 is 11.6 Å². The largest absolute Gasteiger partial charge is 0.497 e. The molecule has 3 rings (SSSR count). The summed E-state index contributed by atoms with van der Waals surface area (Å²) in [5.74, 6) is -0.339. The number of carbonyl (C=O) groups is 2. The van der Waals surface area contributed by atoms with Crippen LogP contribution in [0.25, 0.3) is 0 Å². The summed E-state index contributed by atoms with van der Waals surface area (Å²) in [7, 11) is -2.62. The topological polar surface area (TPSA) is 96.0 Å². The van der Waals surface area contributed by atoms with Gasteiger partial charge in [0.05, 0.1) is 17.7 Å². The molecule has 2 amide bonds. The van der Waals surface area contributed by atoms with Gasteiger partial charge in [-0.25, -0.2) is 8.42 Å². The van der Waals surface area contributed by atoms with Crippen molar-refractivity contribution < 1.29 is 22.7 Å². The van der Waals surface area contributed by atoms with Crippen LogP contribution in [0.15, 0.2) is 77.7 Å². The Hall–Kier alpha value is -3.56. The Kier molecular flexibility index (Phi) is 9.99. The molecule has 0 spiro atoms. The highest BCUT2D eigenvalue weighted by Crippen LogP contribution is 2.27. The Labute approximate surface area is 235 Å². The predicted molar refractivity (Wildman–Crippen MR) is 153 cm³/mol. The van der Waals surface area contributed by atoms with Crippen molar-refractivity contribution in [3.8, 4) is 5.75 Å². The molecule has 3 aromatic carbocycles. The van der Waals surface area contributed by atoms with Gasteiger partial charge in [0.1, 0.15) is 18.3 Å². The van der Waals surface area contributed by atoms with Crippen LogP contribution < -0.4 is 14.4 Å². The first-order chi connectivity index (χ1) is 18.4. The lowest BCUT2D eigenvalue weighted by Crippen LogP contribution is -2.52. The number of nitrogens with one attached hydrogen (secondary N) is 1. The zero-order valence-corrected chi connectivity index (χ0v) is 24.3. The molecule has 0 saturated carbocycles. The zero-order valence-electron chi connectivity index (χ0n) is 22.7. The van der Waals surface area contributed by atoms with Crippen molar-refractivity contribution in [3.05, 3.63) is 88.9 Å². The maximum atomic E-state index is 13.9. The number of methoxy groups -OCH3 is 1. The van der Waals surface area contributed by atoms with Crippen molar-refractivity contribution in [1.29, 1.82) is 0 Å². The number of anilines is 1. The maximum Gasteiger partial charge on any atom is 0.264 e. The van der Waals surface area contributed by atoms with E-state index in [1.165, 1.54) is 24.1 Å². The molecule has 1 atom stereocenters. The van der Waals surface area contributed by atoms with E-state index in [2.05, 4.69) is 5.32 Å². The molecule has 208 valence electrons. The average molecular weight is 572 g/mol. The van der Waals surface area contributed by atoms with E-state index >= 15 is 0 Å². The summed E-state index contributed by atoms with van der Waals surface area (Å²) >= 11 is 6.03. The highest BCUT2D eigenvalue weighted by molar-refractivity contribution is 7.92. The second-order valence-electron chi connectivity index (χ2n) is 9.51. The van der Waals surface area contributed by atoms with Crippen molar-refractivity contribution in [2.75, 3.05) is 18.0 Å². The summed E-state index contributed by atoms with van der Waals surface area (Å²) in [6.45, 7) is 6.71. The predicted octanol–water partition coefficient (Wildman–Crippen LogP) is 4.79. The summed E-state index contributed by atoms with van der Waals surface area (Å²) in [4.78, 5) is 28.2. The average Bonchev–Trinajstić information content (AvgIpc) is 2.90. The third-order valence-corrected chi connectivity index (χ3v) is 8.15. The van der Waals surface area contributed by atoms with Gasteiger partial charge >= 0.3 is 0 Å². The number of carbonyl (C=O) groups excluding carboxylic acids is 2. The highest BCUT2D eigenvalue weighted by Gasteiger charge is 2.32. The van der Waals surface area contributed by atoms with Gasteiger partial charge in [-0.2, -0.15) is 0 Å². The minimum absolute atomic E-state index is 0.0477. The first-order valence-electron chi connectivity index (χ1n) is 12.5. The summed E-state index contributed by atoms with van der Waals surface area (Å²) in [6.07, 6.45) is 0. The van der Waals surface area contributed by atoms with E-state index in [1.54, 1.807) is 67.6 Å². The number of nitrogens with zero attached hydrogens (tertiary/aromatic N) is 2. The van der Waals surface area contributed by atoms with Crippen LogP contribution in [0.1, 0.15) is 31.9 Å². The van der Waals surface area contributed by atoms with Gasteiger partial charge in [0.15, 0.2) is 0 Å². The van der Waals surface area contributed by atoms with Gasteiger partial charge in [-0.05, 0) is 81.8 Å². The second kappa shape index (κ2) is 13.0. The Balaban J connectivity index is 2.03. The fourth-order valence-electron chi connectivity index (χ4n) is 3.89.